The summed E-state index contributed by atoms with van der Waals surface area (Å²) >= 11 is 0. The fraction of sp³-hybridized carbons (Fsp3) is 0.538. The number of nitrogens with one attached hydrogen (secondary N) is 1. The normalized spacial score (nSPS) is 20.4. The van der Waals surface area contributed by atoms with Crippen LogP contribution in [0.2, 0.25) is 0 Å². The van der Waals surface area contributed by atoms with Gasteiger partial charge in [0.05, 0.1) is 13.1 Å². The van der Waals surface area contributed by atoms with Gasteiger partial charge in [-0.1, -0.05) is 6.07 Å². The summed E-state index contributed by atoms with van der Waals surface area (Å²) in [6.07, 6.45) is 0.104. The quantitative estimate of drug-likeness (QED) is 0.548. The van der Waals surface area contributed by atoms with E-state index < -0.39 is 0 Å². The Kier molecular flexibility index (Phi) is 4.80. The summed E-state index contributed by atoms with van der Waals surface area (Å²) < 4.78 is 0.839. The first-order valence-corrected chi connectivity index (χ1v) is 6.03. The van der Waals surface area contributed by atoms with Crippen molar-refractivity contribution in [2.45, 2.75) is 26.9 Å². The molecule has 0 amide bonds. The van der Waals surface area contributed by atoms with Crippen molar-refractivity contribution in [1.82, 2.24) is 4.48 Å². The average molecular weight is 348 g/mol. The van der Waals surface area contributed by atoms with Gasteiger partial charge in [-0.05, 0) is 32.4 Å². The molecule has 0 radical (unpaired) electrons. The zero-order valence-corrected chi connectivity index (χ0v) is 12.9. The van der Waals surface area contributed by atoms with Gasteiger partial charge >= 0.3 is 0 Å². The van der Waals surface area contributed by atoms with E-state index in [1.165, 1.54) is 16.9 Å². The van der Waals surface area contributed by atoms with Gasteiger partial charge in [-0.2, -0.15) is 0 Å². The molecule has 17 heavy (non-hydrogen) atoms. The maximum absolute atomic E-state index is 9.53. The smallest absolute Gasteiger partial charge is 0.190 e. The predicted octanol–water partition coefficient (Wildman–Crippen LogP) is -0.910. The minimum Gasteiger partial charge on any atom is -1.00 e. The summed E-state index contributed by atoms with van der Waals surface area (Å²) in [6.45, 7) is 8.65. The lowest BCUT2D eigenvalue weighted by molar-refractivity contribution is -0.00000452. The molecule has 0 saturated carbocycles. The van der Waals surface area contributed by atoms with Crippen LogP contribution in [0.15, 0.2) is 18.2 Å². The maximum Gasteiger partial charge on any atom is 0.190 e. The number of fused-ring (bicyclic) bond motifs is 1. The molecule has 3 nitrogen and oxygen atoms in total. The van der Waals surface area contributed by atoms with Crippen LogP contribution in [-0.4, -0.2) is 31.0 Å². The Morgan fingerprint density at radius 2 is 1.94 bits per heavy atom. The second-order valence-electron chi connectivity index (χ2n) is 4.53. The Labute approximate surface area is 120 Å². The van der Waals surface area contributed by atoms with Crippen molar-refractivity contribution in [3.63, 3.8) is 0 Å². The monoisotopic (exact) mass is 348 g/mol. The van der Waals surface area contributed by atoms with E-state index in [9.17, 15) is 5.11 Å². The molecule has 1 atom stereocenters. The van der Waals surface area contributed by atoms with Gasteiger partial charge in [-0.25, -0.2) is 0 Å². The Balaban J connectivity index is 0.00000144. The van der Waals surface area contributed by atoms with Gasteiger partial charge in [0.2, 0.25) is 0 Å². The highest BCUT2D eigenvalue weighted by Crippen LogP contribution is 2.40. The van der Waals surface area contributed by atoms with E-state index in [2.05, 4.69) is 44.3 Å². The third-order valence-electron chi connectivity index (χ3n) is 3.85. The summed E-state index contributed by atoms with van der Waals surface area (Å²) in [5, 5.41) is 13.0. The second-order valence-corrected chi connectivity index (χ2v) is 4.53. The van der Waals surface area contributed by atoms with Crippen molar-refractivity contribution in [3.05, 3.63) is 23.8 Å². The van der Waals surface area contributed by atoms with Crippen LogP contribution in [0.25, 0.3) is 0 Å². The molecule has 2 rings (SSSR count). The first-order valence-electron chi connectivity index (χ1n) is 6.03. The molecule has 0 fully saturated rings. The number of hydrogen-bond acceptors (Lipinski definition) is 2. The highest BCUT2D eigenvalue weighted by atomic mass is 127. The van der Waals surface area contributed by atoms with E-state index in [0.29, 0.717) is 0 Å². The van der Waals surface area contributed by atoms with Crippen LogP contribution in [-0.2, 0) is 0 Å². The minimum atomic E-state index is 0. The first-order chi connectivity index (χ1) is 7.67. The molecule has 0 aliphatic carbocycles. The molecule has 0 spiro atoms. The molecule has 1 aliphatic rings. The Morgan fingerprint density at radius 1 is 1.29 bits per heavy atom. The molecule has 1 aromatic rings. The van der Waals surface area contributed by atoms with E-state index in [1.807, 2.05) is 0 Å². The van der Waals surface area contributed by atoms with Crippen molar-refractivity contribution >= 4 is 11.4 Å². The number of aryl methyl sites for hydroxylation is 1. The number of anilines is 1. The molecule has 0 saturated heterocycles. The zero-order valence-electron chi connectivity index (χ0n) is 10.7. The van der Waals surface area contributed by atoms with E-state index in [-0.39, 0.29) is 36.7 Å². The van der Waals surface area contributed by atoms with Gasteiger partial charge in [0, 0.05) is 6.07 Å². The van der Waals surface area contributed by atoms with E-state index in [0.717, 1.165) is 17.6 Å². The van der Waals surface area contributed by atoms with E-state index in [4.69, 9.17) is 0 Å². The van der Waals surface area contributed by atoms with Crippen LogP contribution >= 0.6 is 0 Å². The van der Waals surface area contributed by atoms with Gasteiger partial charge in [-0.15, -0.1) is 0 Å². The minimum absolute atomic E-state index is 0. The van der Waals surface area contributed by atoms with Gasteiger partial charge < -0.3 is 34.4 Å². The molecule has 1 aromatic carbocycles. The Bertz CT molecular complexity index is 391. The van der Waals surface area contributed by atoms with Crippen molar-refractivity contribution in [3.8, 4) is 0 Å². The molecule has 0 bridgehead atoms. The molecular weight excluding hydrogens is 327 g/mol. The van der Waals surface area contributed by atoms with E-state index >= 15 is 0 Å². The van der Waals surface area contributed by atoms with Gasteiger partial charge in [-0.3, -0.25) is 4.48 Å². The van der Waals surface area contributed by atoms with Crippen molar-refractivity contribution < 1.29 is 29.1 Å². The average Bonchev–Trinajstić information content (AvgIpc) is 2.62. The third kappa shape index (κ3) is 2.18. The lowest BCUT2D eigenvalue weighted by Gasteiger charge is -2.36. The lowest BCUT2D eigenvalue weighted by Crippen LogP contribution is -3.00. The first kappa shape index (κ1) is 14.7. The number of hydrogen-bond donors (Lipinski definition) is 2. The molecule has 1 aliphatic heterocycles. The van der Waals surface area contributed by atoms with Gasteiger partial charge in [0.1, 0.15) is 12.3 Å². The number of benzene rings is 1. The number of aliphatic hydroxyl groups is 1. The van der Waals surface area contributed by atoms with E-state index in [1.54, 1.807) is 0 Å². The molecule has 1 heterocycles. The fourth-order valence-corrected chi connectivity index (χ4v) is 2.83. The largest absolute Gasteiger partial charge is 1.00 e. The van der Waals surface area contributed by atoms with Crippen LogP contribution in [0, 0.1) is 6.92 Å². The molecule has 1 unspecified atom stereocenters. The number of nitrogens with zero attached hydrogens (tertiary/aromatic N) is 1. The van der Waals surface area contributed by atoms with Crippen molar-refractivity contribution in [2.75, 3.05) is 25.0 Å². The molecule has 2 N–H and O–H groups in total. The zero-order chi connectivity index (χ0) is 11.8. The van der Waals surface area contributed by atoms with Crippen molar-refractivity contribution in [2.24, 2.45) is 0 Å². The summed E-state index contributed by atoms with van der Waals surface area (Å²) in [4.78, 5) is 0. The van der Waals surface area contributed by atoms with Crippen LogP contribution in [0.4, 0.5) is 11.4 Å². The van der Waals surface area contributed by atoms with Crippen molar-refractivity contribution in [1.29, 1.82) is 0 Å². The topological polar surface area (TPSA) is 32.3 Å². The summed E-state index contributed by atoms with van der Waals surface area (Å²) in [5.41, 5.74) is 3.76. The van der Waals surface area contributed by atoms with Crippen LogP contribution in [0.1, 0.15) is 19.4 Å². The number of likely N-dealkylation sites (N-methyl/N-ethyl adjacent to an activating group) is 1. The van der Waals surface area contributed by atoms with Crippen LogP contribution in [0.5, 0.6) is 0 Å². The molecule has 96 valence electrons. The summed E-state index contributed by atoms with van der Waals surface area (Å²) in [6, 6.07) is 6.52. The third-order valence-corrected chi connectivity index (χ3v) is 3.85. The predicted molar refractivity (Wildman–Crippen MR) is 68.6 cm³/mol. The summed E-state index contributed by atoms with van der Waals surface area (Å²) in [5.74, 6) is 0. The lowest BCUT2D eigenvalue weighted by atomic mass is 10.1. The fourth-order valence-electron chi connectivity index (χ4n) is 2.83. The molecule has 0 aromatic heterocycles. The van der Waals surface area contributed by atoms with Crippen LogP contribution < -0.4 is 33.8 Å². The second kappa shape index (κ2) is 5.54. The molecular formula is C13H21IN2O. The number of halogens is 1. The molecule has 4 heteroatoms. The standard InChI is InChI=1S/C13H21N2O.HI/c1-4-15(5-2)12-7-6-10(3)8-11(12)14-13(15)9-16;/h6-8,13-14,16H,4-5,9H2,1-3H3;1H/q+1;/p-1. The Morgan fingerprint density at radius 3 is 2.47 bits per heavy atom. The summed E-state index contributed by atoms with van der Waals surface area (Å²) in [7, 11) is 0. The maximum atomic E-state index is 9.53. The number of aliphatic hydroxyl groups excluding tert-OH is 1. The number of quaternary nitrogens is 1. The highest BCUT2D eigenvalue weighted by Gasteiger charge is 2.43. The SMILES string of the molecule is CC[N+]1(CC)c2ccc(C)cc2NC1CO.[I-]. The highest BCUT2D eigenvalue weighted by molar-refractivity contribution is 5.74. The van der Waals surface area contributed by atoms with Crippen LogP contribution in [0.3, 0.4) is 0 Å². The van der Waals surface area contributed by atoms with Gasteiger partial charge in [0.15, 0.2) is 11.9 Å². The Hall–Kier alpha value is -0.330. The number of rotatable bonds is 3. The van der Waals surface area contributed by atoms with Gasteiger partial charge in [0.25, 0.3) is 0 Å².